The summed E-state index contributed by atoms with van der Waals surface area (Å²) >= 11 is 0. The van der Waals surface area contributed by atoms with Crippen LogP contribution < -0.4 is 14.7 Å². The molecule has 0 N–H and O–H groups in total. The number of aromatic nitrogens is 13. The van der Waals surface area contributed by atoms with Crippen LogP contribution in [0.25, 0.3) is 56.9 Å². The van der Waals surface area contributed by atoms with Crippen LogP contribution in [0.15, 0.2) is 189 Å². The molecule has 12 aromatic rings. The van der Waals surface area contributed by atoms with Crippen molar-refractivity contribution < 1.29 is 23.2 Å². The Hall–Kier alpha value is -11.6. The molecule has 3 amide bonds. The molecule has 19 nitrogen and oxygen atoms in total. The van der Waals surface area contributed by atoms with Crippen LogP contribution in [0.4, 0.5) is 26.2 Å². The third-order valence-corrected chi connectivity index (χ3v) is 17.4. The van der Waals surface area contributed by atoms with Crippen molar-refractivity contribution in [2.75, 3.05) is 14.7 Å². The van der Waals surface area contributed by atoms with Crippen molar-refractivity contribution in [1.29, 1.82) is 0 Å². The average Bonchev–Trinajstić information content (AvgIpc) is 1.60. The van der Waals surface area contributed by atoms with Crippen molar-refractivity contribution in [1.82, 2.24) is 64.2 Å². The number of halogens is 2. The standard InChI is InChI=1S/C26H24FN5O.C25H22FN5O.C25H24N6O.3CH4/c1-16(2)20-6-4-5-7-21(20)24-28-13-19-12-23(33)32(26(19)30-24)15-17-8-10-18(11-9-17)25-29-14-22(27)31(25)3;1-16(2)19-6-3-4-7-20(19)24-27-14-18-13-23(32)30(25(18)29-24)15-17-8-9-22(21(26)12-17)31-11-5-10-28-31;1-16(2)21-6-4-5-7-22(21)24-26-13-19-12-23(32)30(25(19)27-24)15-18-8-10-20(11-9-18)31-14-17(3)28-29-31;;;/h4-11,13-14,16H,12,15H2,1-3H3;3-12,14,16H,13,15H2,1-2H3;4-11,13-14,16H,12,15H2,1-3H3;3*1H4. The van der Waals surface area contributed by atoms with Crippen molar-refractivity contribution in [3.8, 4) is 56.9 Å². The van der Waals surface area contributed by atoms with Crippen LogP contribution in [-0.2, 0) is 60.3 Å². The van der Waals surface area contributed by atoms with Gasteiger partial charge in [0.25, 0.3) is 0 Å². The fourth-order valence-electron chi connectivity index (χ4n) is 12.3. The molecule has 15 rings (SSSR count). The summed E-state index contributed by atoms with van der Waals surface area (Å²) in [7, 11) is 1.64. The highest BCUT2D eigenvalue weighted by Crippen LogP contribution is 2.37. The van der Waals surface area contributed by atoms with E-state index in [-0.39, 0.29) is 58.9 Å². The SMILES string of the molecule is C.C.C.CC(C)c1ccccc1-c1ncc2c(n1)N(Cc1ccc(-c3ncc(F)n3C)cc1)C(=O)C2.CC(C)c1ccccc1-c1ncc2c(n1)N(Cc1ccc(-n3cccn3)c(F)c1)C(=O)C2.Cc1cn(-c2ccc(CN3C(=O)Cc4cnc(-c5ccccc5C(C)C)nc43)cc2)nn1. The van der Waals surface area contributed by atoms with Crippen LogP contribution in [0.3, 0.4) is 0 Å². The van der Waals surface area contributed by atoms with E-state index in [9.17, 15) is 23.2 Å². The molecule has 0 spiro atoms. The lowest BCUT2D eigenvalue weighted by Crippen LogP contribution is -2.26. The van der Waals surface area contributed by atoms with Gasteiger partial charge in [0.2, 0.25) is 23.7 Å². The zero-order valence-corrected chi connectivity index (χ0v) is 55.0. The van der Waals surface area contributed by atoms with E-state index in [0.717, 1.165) is 67.0 Å². The highest BCUT2D eigenvalue weighted by Gasteiger charge is 2.33. The number of hydrogen-bond acceptors (Lipinski definition) is 13. The Labute approximate surface area is 582 Å². The monoisotopic (exact) mass is 1340 g/mol. The van der Waals surface area contributed by atoms with E-state index >= 15 is 0 Å². The van der Waals surface area contributed by atoms with E-state index in [2.05, 4.69) is 95.1 Å². The lowest BCUT2D eigenvalue weighted by atomic mass is 9.97. The summed E-state index contributed by atoms with van der Waals surface area (Å²) in [6.45, 7) is 15.9. The van der Waals surface area contributed by atoms with Gasteiger partial charge >= 0.3 is 0 Å². The molecule has 0 atom stereocenters. The number of anilines is 3. The summed E-state index contributed by atoms with van der Waals surface area (Å²) in [5, 5.41) is 12.2. The molecule has 510 valence electrons. The van der Waals surface area contributed by atoms with Crippen LogP contribution in [-0.4, -0.2) is 82.0 Å². The summed E-state index contributed by atoms with van der Waals surface area (Å²) in [5.41, 5.74) is 14.6. The van der Waals surface area contributed by atoms with Crippen LogP contribution >= 0.6 is 0 Å². The molecule has 0 aliphatic carbocycles. The van der Waals surface area contributed by atoms with Gasteiger partial charge in [-0.25, -0.2) is 48.6 Å². The first-order valence-corrected chi connectivity index (χ1v) is 32.2. The van der Waals surface area contributed by atoms with Crippen molar-refractivity contribution in [3.63, 3.8) is 0 Å². The van der Waals surface area contributed by atoms with Gasteiger partial charge in [0.05, 0.1) is 62.7 Å². The molecule has 0 radical (unpaired) electrons. The molecular formula is C79H82F2N16O3. The Kier molecular flexibility index (Phi) is 21.7. The predicted octanol–water partition coefficient (Wildman–Crippen LogP) is 15.7. The fraction of sp³-hybridized carbons (Fsp3) is 0.253. The van der Waals surface area contributed by atoms with Gasteiger partial charge < -0.3 is 4.57 Å². The van der Waals surface area contributed by atoms with Gasteiger partial charge in [0.15, 0.2) is 17.5 Å². The van der Waals surface area contributed by atoms with Crippen molar-refractivity contribution in [3.05, 3.63) is 257 Å². The summed E-state index contributed by atoms with van der Waals surface area (Å²) in [4.78, 5) is 75.6. The molecule has 0 saturated carbocycles. The summed E-state index contributed by atoms with van der Waals surface area (Å²) < 4.78 is 32.9. The maximum atomic E-state index is 14.7. The van der Waals surface area contributed by atoms with Gasteiger partial charge in [0, 0.05) is 77.0 Å². The number of nitrogens with zero attached hydrogens (tertiary/aromatic N) is 16. The van der Waals surface area contributed by atoms with Crippen LogP contribution in [0.1, 0.15) is 137 Å². The van der Waals surface area contributed by atoms with Gasteiger partial charge in [-0.15, -0.1) is 5.10 Å². The van der Waals surface area contributed by atoms with Crippen LogP contribution in [0.2, 0.25) is 0 Å². The number of fused-ring (bicyclic) bond motifs is 3. The maximum absolute atomic E-state index is 14.7. The van der Waals surface area contributed by atoms with Gasteiger partial charge in [-0.2, -0.15) is 9.49 Å². The maximum Gasteiger partial charge on any atom is 0.233 e. The highest BCUT2D eigenvalue weighted by atomic mass is 19.1. The molecule has 21 heteroatoms. The van der Waals surface area contributed by atoms with E-state index in [1.165, 1.54) is 32.6 Å². The topological polar surface area (TPSA) is 205 Å². The molecule has 6 aromatic heterocycles. The third kappa shape index (κ3) is 14.8. The van der Waals surface area contributed by atoms with Gasteiger partial charge in [-0.05, 0) is 88.4 Å². The summed E-state index contributed by atoms with van der Waals surface area (Å²) in [5.74, 6) is 4.60. The number of aryl methyl sites for hydroxylation is 1. The first-order chi connectivity index (χ1) is 46.9. The van der Waals surface area contributed by atoms with Gasteiger partial charge in [-0.1, -0.05) is 184 Å². The molecule has 100 heavy (non-hydrogen) atoms. The van der Waals surface area contributed by atoms with Crippen molar-refractivity contribution >= 4 is 35.2 Å². The number of hydrogen-bond donors (Lipinski definition) is 0. The molecule has 0 unspecified atom stereocenters. The highest BCUT2D eigenvalue weighted by molar-refractivity contribution is 6.02. The van der Waals surface area contributed by atoms with Crippen LogP contribution in [0, 0.1) is 18.7 Å². The molecule has 0 bridgehead atoms. The zero-order chi connectivity index (χ0) is 67.6. The number of carbonyl (C=O) groups is 3. The quantitative estimate of drug-likeness (QED) is 0.0938. The van der Waals surface area contributed by atoms with Crippen molar-refractivity contribution in [2.24, 2.45) is 7.05 Å². The molecule has 0 saturated heterocycles. The second kappa shape index (κ2) is 30.4. The Bertz CT molecular complexity index is 4910. The Morgan fingerprint density at radius 2 is 0.900 bits per heavy atom. The van der Waals surface area contributed by atoms with Crippen LogP contribution in [0.5, 0.6) is 0 Å². The summed E-state index contributed by atoms with van der Waals surface area (Å²) in [6, 6.07) is 46.6. The van der Waals surface area contributed by atoms with E-state index in [1.807, 2.05) is 122 Å². The largest absolute Gasteiger partial charge is 0.304 e. The average molecular weight is 1340 g/mol. The zero-order valence-electron chi connectivity index (χ0n) is 55.0. The minimum atomic E-state index is -0.396. The van der Waals surface area contributed by atoms with E-state index in [0.29, 0.717) is 95.7 Å². The smallest absolute Gasteiger partial charge is 0.233 e. The minimum absolute atomic E-state index is 0. The lowest BCUT2D eigenvalue weighted by molar-refractivity contribution is -0.118. The lowest BCUT2D eigenvalue weighted by Gasteiger charge is -2.18. The normalized spacial score (nSPS) is 12.7. The predicted molar refractivity (Wildman–Crippen MR) is 388 cm³/mol. The number of imidazole rings is 1. The fourth-order valence-corrected chi connectivity index (χ4v) is 12.3. The first kappa shape index (κ1) is 71.2. The molecule has 3 aliphatic rings. The Morgan fingerprint density at radius 3 is 1.28 bits per heavy atom. The number of benzene rings is 6. The summed E-state index contributed by atoms with van der Waals surface area (Å²) in [6.07, 6.45) is 12.5. The first-order valence-electron chi connectivity index (χ1n) is 32.2. The molecular weight excluding hydrogens is 1260 g/mol. The third-order valence-electron chi connectivity index (χ3n) is 17.4. The van der Waals surface area contributed by atoms with Gasteiger partial charge in [-0.3, -0.25) is 29.1 Å². The second-order valence-electron chi connectivity index (χ2n) is 25.2. The second-order valence-corrected chi connectivity index (χ2v) is 25.2. The minimum Gasteiger partial charge on any atom is -0.304 e. The van der Waals surface area contributed by atoms with E-state index < -0.39 is 5.82 Å². The number of rotatable bonds is 15. The number of carbonyl (C=O) groups excluding carboxylic acids is 3. The van der Waals surface area contributed by atoms with Gasteiger partial charge in [0.1, 0.15) is 34.8 Å². The number of amides is 3. The Balaban J connectivity index is 0.000000160. The molecule has 3 aliphatic heterocycles. The van der Waals surface area contributed by atoms with Crippen molar-refractivity contribution in [2.45, 2.75) is 127 Å². The Morgan fingerprint density at radius 1 is 0.480 bits per heavy atom. The van der Waals surface area contributed by atoms with E-state index in [4.69, 9.17) is 15.0 Å². The van der Waals surface area contributed by atoms with E-state index in [1.54, 1.807) is 69.5 Å². The molecule has 0 fully saturated rings. The molecule has 6 aromatic carbocycles. The molecule has 9 heterocycles.